The Morgan fingerprint density at radius 3 is 2.76 bits per heavy atom. The molecular formula is C22H28FN7O2S. The minimum atomic E-state index is -0.971. The predicted octanol–water partition coefficient (Wildman–Crippen LogP) is 3.52. The maximum absolute atomic E-state index is 13.2. The third-order valence-electron chi connectivity index (χ3n) is 5.86. The van der Waals surface area contributed by atoms with Crippen molar-refractivity contribution in [2.75, 3.05) is 35.9 Å². The van der Waals surface area contributed by atoms with E-state index >= 15 is 0 Å². The van der Waals surface area contributed by atoms with Gasteiger partial charge < -0.3 is 15.8 Å². The van der Waals surface area contributed by atoms with Gasteiger partial charge in [0.15, 0.2) is 11.6 Å². The average molecular weight is 474 g/mol. The number of halogens is 1. The van der Waals surface area contributed by atoms with Crippen LogP contribution in [-0.4, -0.2) is 48.9 Å². The summed E-state index contributed by atoms with van der Waals surface area (Å²) in [7, 11) is -0.971. The molecule has 2 unspecified atom stereocenters. The summed E-state index contributed by atoms with van der Waals surface area (Å²) in [5.74, 6) is 0.815. The molecule has 0 aliphatic carbocycles. The van der Waals surface area contributed by atoms with Crippen LogP contribution in [0, 0.1) is 6.92 Å². The number of hydrogen-bond acceptors (Lipinski definition) is 8. The van der Waals surface area contributed by atoms with Crippen molar-refractivity contribution in [2.24, 2.45) is 0 Å². The van der Waals surface area contributed by atoms with Crippen LogP contribution in [0.3, 0.4) is 0 Å². The summed E-state index contributed by atoms with van der Waals surface area (Å²) in [4.78, 5) is 12.7. The molecule has 1 aliphatic rings. The zero-order chi connectivity index (χ0) is 23.5. The first-order valence-electron chi connectivity index (χ1n) is 10.8. The van der Waals surface area contributed by atoms with Gasteiger partial charge in [-0.1, -0.05) is 18.2 Å². The highest BCUT2D eigenvalue weighted by atomic mass is 32.2. The number of nitrogens with zero attached hydrogens (tertiary/aromatic N) is 4. The second-order valence-corrected chi connectivity index (χ2v) is 9.50. The van der Waals surface area contributed by atoms with Gasteiger partial charge in [-0.3, -0.25) is 0 Å². The lowest BCUT2D eigenvalue weighted by Crippen LogP contribution is -2.39. The Bertz CT molecular complexity index is 1170. The Balaban J connectivity index is 1.64. The van der Waals surface area contributed by atoms with Crippen LogP contribution in [0.15, 0.2) is 30.6 Å². The molecule has 1 saturated heterocycles. The fourth-order valence-corrected chi connectivity index (χ4v) is 4.75. The minimum absolute atomic E-state index is 0.00710. The van der Waals surface area contributed by atoms with Gasteiger partial charge in [-0.05, 0) is 43.7 Å². The molecule has 11 heteroatoms. The number of rotatable bonds is 7. The maximum Gasteiger partial charge on any atom is 0.222 e. The number of benzene rings is 1. The molecule has 0 radical (unpaired) electrons. The highest BCUT2D eigenvalue weighted by Crippen LogP contribution is 2.33. The molecule has 2 atom stereocenters. The Morgan fingerprint density at radius 1 is 1.30 bits per heavy atom. The number of pyridine rings is 1. The highest BCUT2D eigenvalue weighted by Gasteiger charge is 2.24. The molecule has 176 valence electrons. The van der Waals surface area contributed by atoms with E-state index in [2.05, 4.69) is 15.3 Å². The number of piperidine rings is 1. The van der Waals surface area contributed by atoms with Crippen LogP contribution in [0.4, 0.5) is 21.8 Å². The number of nitrogens with one attached hydrogen (secondary N) is 2. The highest BCUT2D eigenvalue weighted by molar-refractivity contribution is 7.81. The topological polar surface area (TPSA) is 118 Å². The van der Waals surface area contributed by atoms with Gasteiger partial charge in [0.05, 0.1) is 22.7 Å². The average Bonchev–Trinajstić information content (AvgIpc) is 2.79. The molecule has 0 spiro atoms. The van der Waals surface area contributed by atoms with Gasteiger partial charge >= 0.3 is 0 Å². The van der Waals surface area contributed by atoms with Crippen LogP contribution < -0.4 is 21.3 Å². The zero-order valence-electron chi connectivity index (χ0n) is 18.8. The van der Waals surface area contributed by atoms with Crippen molar-refractivity contribution >= 4 is 39.1 Å². The van der Waals surface area contributed by atoms with Gasteiger partial charge in [0.1, 0.15) is 18.1 Å². The van der Waals surface area contributed by atoms with Crippen LogP contribution in [0.2, 0.25) is 0 Å². The van der Waals surface area contributed by atoms with Crippen molar-refractivity contribution < 1.29 is 13.4 Å². The van der Waals surface area contributed by atoms with Crippen LogP contribution >= 0.6 is 0 Å². The van der Waals surface area contributed by atoms with Crippen LogP contribution in [0.25, 0.3) is 10.8 Å². The van der Waals surface area contributed by atoms with Crippen molar-refractivity contribution in [3.05, 3.63) is 41.9 Å². The first-order chi connectivity index (χ1) is 15.9. The monoisotopic (exact) mass is 473 g/mol. The number of fused-ring (bicyclic) bond motifs is 1. The number of anilines is 3. The molecule has 1 aromatic carbocycles. The van der Waals surface area contributed by atoms with E-state index in [4.69, 9.17) is 15.5 Å². The van der Waals surface area contributed by atoms with Crippen LogP contribution in [0.5, 0.6) is 5.88 Å². The molecule has 4 N–H and O–H groups in total. The molecule has 33 heavy (non-hydrogen) atoms. The van der Waals surface area contributed by atoms with E-state index < -0.39 is 11.0 Å². The number of aromatic nitrogens is 3. The fourth-order valence-electron chi connectivity index (χ4n) is 4.02. The second kappa shape index (κ2) is 9.84. The number of aryl methyl sites for hydroxylation is 1. The molecule has 1 fully saturated rings. The van der Waals surface area contributed by atoms with Crippen molar-refractivity contribution in [2.45, 2.75) is 38.8 Å². The lowest BCUT2D eigenvalue weighted by molar-refractivity contribution is 0.133. The quantitative estimate of drug-likeness (QED) is 0.446. The van der Waals surface area contributed by atoms with Gasteiger partial charge in [0.2, 0.25) is 5.88 Å². The molecule has 4 rings (SSSR count). The molecule has 1 aliphatic heterocycles. The molecule has 2 aromatic heterocycles. The van der Waals surface area contributed by atoms with E-state index in [0.717, 1.165) is 48.0 Å². The summed E-state index contributed by atoms with van der Waals surface area (Å²) < 4.78 is 33.3. The summed E-state index contributed by atoms with van der Waals surface area (Å²) in [6.07, 6.45) is 4.51. The second-order valence-electron chi connectivity index (χ2n) is 8.14. The van der Waals surface area contributed by atoms with Crippen LogP contribution in [0.1, 0.15) is 37.1 Å². The summed E-state index contributed by atoms with van der Waals surface area (Å²) >= 11 is 0. The van der Waals surface area contributed by atoms with Crippen molar-refractivity contribution in [3.63, 3.8) is 0 Å². The van der Waals surface area contributed by atoms with E-state index in [9.17, 15) is 8.69 Å². The fraction of sp³-hybridized carbons (Fsp3) is 0.409. The molecular weight excluding hydrogens is 445 g/mol. The smallest absolute Gasteiger partial charge is 0.222 e. The molecule has 0 amide bonds. The minimum Gasteiger partial charge on any atom is -0.474 e. The summed E-state index contributed by atoms with van der Waals surface area (Å²) in [5.41, 5.74) is 9.07. The molecule has 3 heterocycles. The van der Waals surface area contributed by atoms with Gasteiger partial charge in [0, 0.05) is 24.7 Å². The predicted molar refractivity (Wildman–Crippen MR) is 129 cm³/mol. The number of hydrogen-bond donors (Lipinski definition) is 3. The SMILES string of the molecule is Cc1cccc2cc(C(C)Nc3ncnc(N)c3NF)nc(OC3CCN(S(C)=O)CC3)c12. The van der Waals surface area contributed by atoms with Gasteiger partial charge in [0.25, 0.3) is 0 Å². The number of nitrogens with two attached hydrogens (primary N) is 1. The Morgan fingerprint density at radius 2 is 2.06 bits per heavy atom. The standard InChI is InChI=1S/C22H28FN7O2S/c1-13-5-4-6-15-11-17(14(2)27-21-19(29-23)20(24)25-12-26-21)28-22(18(13)15)32-16-7-9-30(10-8-16)33(3)31/h4-6,11-12,14,16,29H,7-10H2,1-3H3,(H3,24,25,26,27). The van der Waals surface area contributed by atoms with E-state index in [-0.39, 0.29) is 29.5 Å². The van der Waals surface area contributed by atoms with E-state index in [1.165, 1.54) is 6.33 Å². The van der Waals surface area contributed by atoms with Gasteiger partial charge in [-0.2, -0.15) is 0 Å². The van der Waals surface area contributed by atoms with E-state index in [0.29, 0.717) is 5.88 Å². The van der Waals surface area contributed by atoms with Gasteiger partial charge in [-0.15, -0.1) is 4.48 Å². The zero-order valence-corrected chi connectivity index (χ0v) is 19.7. The largest absolute Gasteiger partial charge is 0.474 e. The van der Waals surface area contributed by atoms with Crippen molar-refractivity contribution in [1.29, 1.82) is 0 Å². The molecule has 3 aromatic rings. The molecule has 0 saturated carbocycles. The number of ether oxygens (including phenoxy) is 1. The van der Waals surface area contributed by atoms with Gasteiger partial charge in [-0.25, -0.2) is 29.0 Å². The van der Waals surface area contributed by atoms with Crippen LogP contribution in [-0.2, 0) is 11.0 Å². The normalized spacial score (nSPS) is 17.0. The van der Waals surface area contributed by atoms with Crippen molar-refractivity contribution in [3.8, 4) is 5.88 Å². The van der Waals surface area contributed by atoms with E-state index in [1.54, 1.807) is 11.8 Å². The summed E-state index contributed by atoms with van der Waals surface area (Å²) in [6, 6.07) is 7.72. The first-order valence-corrected chi connectivity index (χ1v) is 12.3. The number of nitrogen functional groups attached to an aromatic ring is 1. The van der Waals surface area contributed by atoms with E-state index in [1.807, 2.05) is 42.4 Å². The summed E-state index contributed by atoms with van der Waals surface area (Å²) in [5, 5.41) is 5.12. The Hall–Kier alpha value is -3.05. The maximum atomic E-state index is 13.2. The molecule has 0 bridgehead atoms. The lowest BCUT2D eigenvalue weighted by atomic mass is 10.0. The summed E-state index contributed by atoms with van der Waals surface area (Å²) in [6.45, 7) is 5.37. The first kappa shape index (κ1) is 23.1. The Kier molecular flexibility index (Phi) is 6.89. The third-order valence-corrected chi connectivity index (χ3v) is 6.96. The molecule has 9 nitrogen and oxygen atoms in total. The van der Waals surface area contributed by atoms with Crippen molar-refractivity contribution in [1.82, 2.24) is 19.3 Å². The Labute approximate surface area is 194 Å². The lowest BCUT2D eigenvalue weighted by Gasteiger charge is -2.30. The third kappa shape index (κ3) is 4.98.